The number of methoxy groups -OCH3 is 1. The standard InChI is InChI=1S/C13H12O4/c1-10(9-15)17-12-6-5-11(4-3-7-14)8-13(12)16-2/h3-9H,1H2,2H3. The number of ether oxygens (including phenoxy) is 2. The summed E-state index contributed by atoms with van der Waals surface area (Å²) < 4.78 is 10.3. The largest absolute Gasteiger partial charge is 0.493 e. The van der Waals surface area contributed by atoms with Crippen LogP contribution in [0.1, 0.15) is 5.56 Å². The summed E-state index contributed by atoms with van der Waals surface area (Å²) >= 11 is 0. The molecule has 0 aliphatic rings. The third-order valence-corrected chi connectivity index (χ3v) is 1.93. The molecule has 0 saturated heterocycles. The molecule has 0 fully saturated rings. The van der Waals surface area contributed by atoms with Gasteiger partial charge in [-0.3, -0.25) is 9.59 Å². The molecule has 88 valence electrons. The maximum absolute atomic E-state index is 10.4. The first kappa shape index (κ1) is 12.7. The van der Waals surface area contributed by atoms with Gasteiger partial charge in [-0.25, -0.2) is 0 Å². The number of aldehydes is 2. The Balaban J connectivity index is 3.00. The quantitative estimate of drug-likeness (QED) is 0.427. The van der Waals surface area contributed by atoms with Crippen LogP contribution < -0.4 is 9.47 Å². The Morgan fingerprint density at radius 2 is 2.06 bits per heavy atom. The van der Waals surface area contributed by atoms with E-state index in [-0.39, 0.29) is 5.76 Å². The van der Waals surface area contributed by atoms with Gasteiger partial charge in [-0.15, -0.1) is 0 Å². The van der Waals surface area contributed by atoms with Crippen LogP contribution in [0.2, 0.25) is 0 Å². The Kier molecular flexibility index (Phi) is 4.69. The van der Waals surface area contributed by atoms with Gasteiger partial charge < -0.3 is 9.47 Å². The van der Waals surface area contributed by atoms with Crippen LogP contribution in [0, 0.1) is 0 Å². The van der Waals surface area contributed by atoms with Gasteiger partial charge in [0.25, 0.3) is 0 Å². The minimum absolute atomic E-state index is 0.000478. The predicted molar refractivity (Wildman–Crippen MR) is 63.9 cm³/mol. The van der Waals surface area contributed by atoms with E-state index in [1.165, 1.54) is 13.2 Å². The summed E-state index contributed by atoms with van der Waals surface area (Å²) in [6.07, 6.45) is 4.21. The molecule has 0 N–H and O–H groups in total. The van der Waals surface area contributed by atoms with E-state index in [4.69, 9.17) is 9.47 Å². The lowest BCUT2D eigenvalue weighted by molar-refractivity contribution is -0.106. The predicted octanol–water partition coefficient (Wildman–Crippen LogP) is 2.00. The van der Waals surface area contributed by atoms with Crippen molar-refractivity contribution < 1.29 is 19.1 Å². The molecule has 1 aromatic rings. The minimum atomic E-state index is -0.000478. The molecule has 0 aromatic heterocycles. The number of benzene rings is 1. The smallest absolute Gasteiger partial charge is 0.184 e. The normalized spacial score (nSPS) is 9.94. The fourth-order valence-corrected chi connectivity index (χ4v) is 1.19. The summed E-state index contributed by atoms with van der Waals surface area (Å²) in [7, 11) is 1.49. The molecule has 0 radical (unpaired) electrons. The van der Waals surface area contributed by atoms with Crippen LogP contribution in [0.25, 0.3) is 6.08 Å². The molecule has 0 aliphatic heterocycles. The van der Waals surface area contributed by atoms with Crippen LogP contribution in [0.5, 0.6) is 11.5 Å². The summed E-state index contributed by atoms with van der Waals surface area (Å²) in [4.78, 5) is 20.6. The monoisotopic (exact) mass is 232 g/mol. The first-order chi connectivity index (χ1) is 8.21. The molecule has 1 rings (SSSR count). The van der Waals surface area contributed by atoms with E-state index in [0.717, 1.165) is 5.56 Å². The van der Waals surface area contributed by atoms with Gasteiger partial charge in [0.1, 0.15) is 6.29 Å². The van der Waals surface area contributed by atoms with Gasteiger partial charge in [0.15, 0.2) is 23.5 Å². The van der Waals surface area contributed by atoms with E-state index in [2.05, 4.69) is 6.58 Å². The molecular formula is C13H12O4. The molecule has 0 saturated carbocycles. The van der Waals surface area contributed by atoms with Crippen LogP contribution in [0.15, 0.2) is 36.6 Å². The van der Waals surface area contributed by atoms with Crippen LogP contribution in [0.4, 0.5) is 0 Å². The lowest BCUT2D eigenvalue weighted by Crippen LogP contribution is -1.97. The first-order valence-corrected chi connectivity index (χ1v) is 4.83. The average molecular weight is 232 g/mol. The van der Waals surface area contributed by atoms with Gasteiger partial charge in [-0.1, -0.05) is 18.7 Å². The van der Waals surface area contributed by atoms with E-state index >= 15 is 0 Å². The van der Waals surface area contributed by atoms with E-state index < -0.39 is 0 Å². The van der Waals surface area contributed by atoms with Crippen molar-refractivity contribution in [3.8, 4) is 11.5 Å². The van der Waals surface area contributed by atoms with Gasteiger partial charge >= 0.3 is 0 Å². The lowest BCUT2D eigenvalue weighted by atomic mass is 10.2. The van der Waals surface area contributed by atoms with E-state index in [1.54, 1.807) is 24.3 Å². The van der Waals surface area contributed by atoms with Gasteiger partial charge in [-0.2, -0.15) is 0 Å². The number of allylic oxidation sites excluding steroid dienone is 2. The number of hydrogen-bond acceptors (Lipinski definition) is 4. The second kappa shape index (κ2) is 6.27. The van der Waals surface area contributed by atoms with Crippen molar-refractivity contribution in [2.75, 3.05) is 7.11 Å². The minimum Gasteiger partial charge on any atom is -0.493 e. The molecule has 17 heavy (non-hydrogen) atoms. The Morgan fingerprint density at radius 3 is 2.65 bits per heavy atom. The number of carbonyl (C=O) groups is 2. The molecule has 0 atom stereocenters. The summed E-state index contributed by atoms with van der Waals surface area (Å²) in [6, 6.07) is 5.06. The Labute approximate surface area is 99.2 Å². The number of carbonyl (C=O) groups excluding carboxylic acids is 2. The SMILES string of the molecule is C=C(C=O)Oc1ccc(C=CC=O)cc1OC. The third kappa shape index (κ3) is 3.61. The van der Waals surface area contributed by atoms with E-state index in [1.807, 2.05) is 0 Å². The highest BCUT2D eigenvalue weighted by atomic mass is 16.5. The van der Waals surface area contributed by atoms with Crippen molar-refractivity contribution in [1.29, 1.82) is 0 Å². The topological polar surface area (TPSA) is 52.6 Å². The van der Waals surface area contributed by atoms with Gasteiger partial charge in [0, 0.05) is 0 Å². The molecule has 0 bridgehead atoms. The zero-order chi connectivity index (χ0) is 12.7. The zero-order valence-corrected chi connectivity index (χ0v) is 9.38. The Bertz CT molecular complexity index is 460. The van der Waals surface area contributed by atoms with Crippen molar-refractivity contribution in [3.05, 3.63) is 42.2 Å². The van der Waals surface area contributed by atoms with Gasteiger partial charge in [-0.05, 0) is 23.8 Å². The Morgan fingerprint density at radius 1 is 1.29 bits per heavy atom. The summed E-state index contributed by atoms with van der Waals surface area (Å²) in [5.74, 6) is 0.855. The van der Waals surface area contributed by atoms with E-state index in [0.29, 0.717) is 24.1 Å². The second-order valence-corrected chi connectivity index (χ2v) is 3.09. The van der Waals surface area contributed by atoms with Crippen LogP contribution >= 0.6 is 0 Å². The molecule has 1 aromatic carbocycles. The van der Waals surface area contributed by atoms with E-state index in [9.17, 15) is 9.59 Å². The summed E-state index contributed by atoms with van der Waals surface area (Å²) in [5, 5.41) is 0. The van der Waals surface area contributed by atoms with Crippen LogP contribution in [-0.2, 0) is 9.59 Å². The van der Waals surface area contributed by atoms with Crippen molar-refractivity contribution in [1.82, 2.24) is 0 Å². The fraction of sp³-hybridized carbons (Fsp3) is 0.0769. The van der Waals surface area contributed by atoms with Gasteiger partial charge in [0.2, 0.25) is 0 Å². The molecule has 0 spiro atoms. The molecule has 0 heterocycles. The van der Waals surface area contributed by atoms with Crippen LogP contribution in [-0.4, -0.2) is 19.7 Å². The maximum atomic E-state index is 10.4. The van der Waals surface area contributed by atoms with Crippen molar-refractivity contribution in [3.63, 3.8) is 0 Å². The third-order valence-electron chi connectivity index (χ3n) is 1.93. The average Bonchev–Trinajstić information content (AvgIpc) is 2.37. The van der Waals surface area contributed by atoms with Crippen LogP contribution in [0.3, 0.4) is 0 Å². The molecule has 0 amide bonds. The molecule has 0 aliphatic carbocycles. The first-order valence-electron chi connectivity index (χ1n) is 4.83. The zero-order valence-electron chi connectivity index (χ0n) is 9.38. The fourth-order valence-electron chi connectivity index (χ4n) is 1.19. The summed E-state index contributed by atoms with van der Waals surface area (Å²) in [5.41, 5.74) is 0.790. The van der Waals surface area contributed by atoms with Crippen molar-refractivity contribution >= 4 is 18.6 Å². The molecule has 0 unspecified atom stereocenters. The van der Waals surface area contributed by atoms with Crippen molar-refractivity contribution in [2.24, 2.45) is 0 Å². The van der Waals surface area contributed by atoms with Crippen molar-refractivity contribution in [2.45, 2.75) is 0 Å². The lowest BCUT2D eigenvalue weighted by Gasteiger charge is -2.09. The second-order valence-electron chi connectivity index (χ2n) is 3.09. The van der Waals surface area contributed by atoms with Gasteiger partial charge in [0.05, 0.1) is 7.11 Å². The summed E-state index contributed by atoms with van der Waals surface area (Å²) in [6.45, 7) is 3.41. The number of hydrogen-bond donors (Lipinski definition) is 0. The Hall–Kier alpha value is -2.36. The molecular weight excluding hydrogens is 220 g/mol. The highest BCUT2D eigenvalue weighted by Crippen LogP contribution is 2.29. The maximum Gasteiger partial charge on any atom is 0.184 e. The molecule has 4 nitrogen and oxygen atoms in total. The molecule has 4 heteroatoms. The highest BCUT2D eigenvalue weighted by Gasteiger charge is 2.06. The number of rotatable bonds is 6. The highest BCUT2D eigenvalue weighted by molar-refractivity contribution is 5.74.